The molecule has 0 aliphatic carbocycles. The van der Waals surface area contributed by atoms with Crippen molar-refractivity contribution < 1.29 is 4.39 Å². The predicted molar refractivity (Wildman–Crippen MR) is 52.9 cm³/mol. The van der Waals surface area contributed by atoms with Gasteiger partial charge in [0.15, 0.2) is 0 Å². The van der Waals surface area contributed by atoms with Gasteiger partial charge in [0, 0.05) is 0 Å². The topological polar surface area (TPSA) is 26.0 Å². The maximum Gasteiger partial charge on any atom is 0.123 e. The van der Waals surface area contributed by atoms with Crippen molar-refractivity contribution in [3.05, 3.63) is 35.6 Å². The van der Waals surface area contributed by atoms with Crippen LogP contribution in [0.1, 0.15) is 18.9 Å². The molecule has 72 valence electrons. The number of halogens is 1. The number of rotatable bonds is 4. The van der Waals surface area contributed by atoms with E-state index in [1.165, 1.54) is 17.7 Å². The van der Waals surface area contributed by atoms with Gasteiger partial charge in [0.05, 0.1) is 0 Å². The Labute approximate surface area is 78.8 Å². The monoisotopic (exact) mass is 181 g/mol. The second-order valence-corrected chi connectivity index (χ2v) is 3.51. The lowest BCUT2D eigenvalue weighted by atomic mass is 10.0. The summed E-state index contributed by atoms with van der Waals surface area (Å²) in [5, 5.41) is 0. The summed E-state index contributed by atoms with van der Waals surface area (Å²) >= 11 is 0. The minimum Gasteiger partial charge on any atom is -0.330 e. The van der Waals surface area contributed by atoms with Gasteiger partial charge < -0.3 is 5.73 Å². The molecule has 0 radical (unpaired) electrons. The maximum absolute atomic E-state index is 12.5. The highest BCUT2D eigenvalue weighted by Gasteiger charge is 1.99. The molecule has 0 aliphatic heterocycles. The normalized spacial score (nSPS) is 12.8. The highest BCUT2D eigenvalue weighted by Crippen LogP contribution is 2.09. The van der Waals surface area contributed by atoms with Crippen LogP contribution in [0.25, 0.3) is 0 Å². The molecule has 0 unspecified atom stereocenters. The molecule has 1 aromatic rings. The molecule has 1 nitrogen and oxygen atoms in total. The standard InChI is InChI=1S/C11H16FN/c1-9(8-13)2-3-10-4-6-11(12)7-5-10/h4-7,9H,2-3,8,13H2,1H3/t9-/m0/s1. The van der Waals surface area contributed by atoms with Gasteiger partial charge in [-0.05, 0) is 43.0 Å². The lowest BCUT2D eigenvalue weighted by molar-refractivity contribution is 0.544. The van der Waals surface area contributed by atoms with Gasteiger partial charge in [-0.1, -0.05) is 19.1 Å². The van der Waals surface area contributed by atoms with Crippen molar-refractivity contribution in [1.29, 1.82) is 0 Å². The van der Waals surface area contributed by atoms with Gasteiger partial charge >= 0.3 is 0 Å². The number of benzene rings is 1. The van der Waals surface area contributed by atoms with Gasteiger partial charge in [-0.2, -0.15) is 0 Å². The Morgan fingerprint density at radius 3 is 2.46 bits per heavy atom. The molecule has 1 rings (SSSR count). The summed E-state index contributed by atoms with van der Waals surface area (Å²) in [6, 6.07) is 6.67. The SMILES string of the molecule is C[C@H](CN)CCc1ccc(F)cc1. The van der Waals surface area contributed by atoms with E-state index in [0.717, 1.165) is 19.4 Å². The second-order valence-electron chi connectivity index (χ2n) is 3.51. The van der Waals surface area contributed by atoms with Crippen LogP contribution in [0.4, 0.5) is 4.39 Å². The zero-order chi connectivity index (χ0) is 9.68. The number of hydrogen-bond donors (Lipinski definition) is 1. The lowest BCUT2D eigenvalue weighted by Crippen LogP contribution is -2.11. The number of nitrogens with two attached hydrogens (primary N) is 1. The van der Waals surface area contributed by atoms with Gasteiger partial charge in [-0.25, -0.2) is 4.39 Å². The van der Waals surface area contributed by atoms with E-state index in [2.05, 4.69) is 6.92 Å². The predicted octanol–water partition coefficient (Wildman–Crippen LogP) is 2.35. The van der Waals surface area contributed by atoms with Crippen molar-refractivity contribution in [2.24, 2.45) is 11.7 Å². The third kappa shape index (κ3) is 3.55. The fourth-order valence-electron chi connectivity index (χ4n) is 1.18. The molecular weight excluding hydrogens is 165 g/mol. The highest BCUT2D eigenvalue weighted by molar-refractivity contribution is 5.16. The fraction of sp³-hybridized carbons (Fsp3) is 0.455. The van der Waals surface area contributed by atoms with Crippen LogP contribution in [-0.2, 0) is 6.42 Å². The summed E-state index contributed by atoms with van der Waals surface area (Å²) < 4.78 is 12.5. The largest absolute Gasteiger partial charge is 0.330 e. The van der Waals surface area contributed by atoms with E-state index in [9.17, 15) is 4.39 Å². The molecule has 0 saturated heterocycles. The highest BCUT2D eigenvalue weighted by atomic mass is 19.1. The van der Waals surface area contributed by atoms with Crippen molar-refractivity contribution in [1.82, 2.24) is 0 Å². The van der Waals surface area contributed by atoms with E-state index in [0.29, 0.717) is 5.92 Å². The average molecular weight is 181 g/mol. The lowest BCUT2D eigenvalue weighted by Gasteiger charge is -2.07. The van der Waals surface area contributed by atoms with Gasteiger partial charge in [-0.3, -0.25) is 0 Å². The summed E-state index contributed by atoms with van der Waals surface area (Å²) in [7, 11) is 0. The molecule has 0 bridgehead atoms. The molecule has 2 N–H and O–H groups in total. The van der Waals surface area contributed by atoms with Crippen LogP contribution in [0.2, 0.25) is 0 Å². The van der Waals surface area contributed by atoms with Gasteiger partial charge in [0.2, 0.25) is 0 Å². The molecule has 0 saturated carbocycles. The second kappa shape index (κ2) is 4.97. The Balaban J connectivity index is 2.41. The van der Waals surface area contributed by atoms with Crippen LogP contribution in [0.15, 0.2) is 24.3 Å². The first kappa shape index (κ1) is 10.2. The molecule has 0 spiro atoms. The van der Waals surface area contributed by atoms with Gasteiger partial charge in [0.1, 0.15) is 5.82 Å². The van der Waals surface area contributed by atoms with E-state index in [4.69, 9.17) is 5.73 Å². The third-order valence-electron chi connectivity index (χ3n) is 2.24. The molecule has 2 heteroatoms. The van der Waals surface area contributed by atoms with Crippen LogP contribution in [0.3, 0.4) is 0 Å². The van der Waals surface area contributed by atoms with Gasteiger partial charge in [-0.15, -0.1) is 0 Å². The van der Waals surface area contributed by atoms with E-state index in [1.54, 1.807) is 0 Å². The number of hydrogen-bond acceptors (Lipinski definition) is 1. The van der Waals surface area contributed by atoms with Gasteiger partial charge in [0.25, 0.3) is 0 Å². The molecule has 1 aromatic carbocycles. The zero-order valence-corrected chi connectivity index (χ0v) is 7.96. The van der Waals surface area contributed by atoms with E-state index in [1.807, 2.05) is 12.1 Å². The summed E-state index contributed by atoms with van der Waals surface area (Å²) in [6.07, 6.45) is 2.06. The Morgan fingerprint density at radius 1 is 1.31 bits per heavy atom. The summed E-state index contributed by atoms with van der Waals surface area (Å²) in [5.41, 5.74) is 6.68. The molecule has 0 aliphatic rings. The minimum absolute atomic E-state index is 0.171. The first-order valence-electron chi connectivity index (χ1n) is 4.67. The van der Waals surface area contributed by atoms with E-state index >= 15 is 0 Å². The molecule has 13 heavy (non-hydrogen) atoms. The molecule has 0 aromatic heterocycles. The molecule has 0 fully saturated rings. The van der Waals surface area contributed by atoms with E-state index < -0.39 is 0 Å². The van der Waals surface area contributed by atoms with Crippen LogP contribution < -0.4 is 5.73 Å². The molecule has 1 atom stereocenters. The van der Waals surface area contributed by atoms with Crippen molar-refractivity contribution >= 4 is 0 Å². The van der Waals surface area contributed by atoms with Crippen molar-refractivity contribution in [2.45, 2.75) is 19.8 Å². The van der Waals surface area contributed by atoms with Crippen molar-refractivity contribution in [3.8, 4) is 0 Å². The zero-order valence-electron chi connectivity index (χ0n) is 7.96. The summed E-state index contributed by atoms with van der Waals surface area (Å²) in [6.45, 7) is 2.85. The average Bonchev–Trinajstić information content (AvgIpc) is 2.16. The maximum atomic E-state index is 12.5. The third-order valence-corrected chi connectivity index (χ3v) is 2.24. The van der Waals surface area contributed by atoms with Crippen LogP contribution in [0.5, 0.6) is 0 Å². The fourth-order valence-corrected chi connectivity index (χ4v) is 1.18. The first-order chi connectivity index (χ1) is 6.22. The minimum atomic E-state index is -0.171. The Bertz CT molecular complexity index is 243. The van der Waals surface area contributed by atoms with Crippen LogP contribution >= 0.6 is 0 Å². The quantitative estimate of drug-likeness (QED) is 0.758. The number of aryl methyl sites for hydroxylation is 1. The first-order valence-corrected chi connectivity index (χ1v) is 4.67. The molecule has 0 heterocycles. The molecule has 0 amide bonds. The van der Waals surface area contributed by atoms with Crippen LogP contribution in [-0.4, -0.2) is 6.54 Å². The summed E-state index contributed by atoms with van der Waals surface area (Å²) in [5.74, 6) is 0.376. The Morgan fingerprint density at radius 2 is 1.92 bits per heavy atom. The Kier molecular flexibility index (Phi) is 3.90. The van der Waals surface area contributed by atoms with Crippen LogP contribution in [0, 0.1) is 11.7 Å². The summed E-state index contributed by atoms with van der Waals surface area (Å²) in [4.78, 5) is 0. The van der Waals surface area contributed by atoms with E-state index in [-0.39, 0.29) is 5.82 Å². The molecular formula is C11H16FN. The van der Waals surface area contributed by atoms with Crippen molar-refractivity contribution in [2.75, 3.05) is 6.54 Å². The smallest absolute Gasteiger partial charge is 0.123 e. The Hall–Kier alpha value is -0.890. The van der Waals surface area contributed by atoms with Crippen molar-refractivity contribution in [3.63, 3.8) is 0 Å².